The minimum atomic E-state index is 0.821. The van der Waals surface area contributed by atoms with E-state index in [-0.39, 0.29) is 0 Å². The molecule has 0 atom stereocenters. The molecule has 3 nitrogen and oxygen atoms in total. The lowest BCUT2D eigenvalue weighted by Crippen LogP contribution is -2.40. The Hall–Kier alpha value is -2.94. The van der Waals surface area contributed by atoms with Gasteiger partial charge in [-0.3, -0.25) is 0 Å². The third-order valence-corrected chi connectivity index (χ3v) is 4.75. The summed E-state index contributed by atoms with van der Waals surface area (Å²) in [5.41, 5.74) is 5.20. The smallest absolute Gasteiger partial charge is 0.387 e. The first kappa shape index (κ1) is 15.6. The molecular weight excluding hydrogens is 308 g/mol. The van der Waals surface area contributed by atoms with Crippen LogP contribution < -0.4 is 9.13 Å². The van der Waals surface area contributed by atoms with E-state index in [0.717, 1.165) is 41.3 Å². The van der Waals surface area contributed by atoms with E-state index in [2.05, 4.69) is 72.0 Å². The molecule has 0 radical (unpaired) electrons. The molecule has 0 aliphatic carbocycles. The highest BCUT2D eigenvalue weighted by Gasteiger charge is 2.29. The van der Waals surface area contributed by atoms with Crippen molar-refractivity contribution >= 4 is 27.6 Å². The first-order valence-electron chi connectivity index (χ1n) is 8.77. The molecule has 0 amide bonds. The van der Waals surface area contributed by atoms with E-state index < -0.39 is 0 Å². The largest absolute Gasteiger partial charge is 0.397 e. The normalized spacial score (nSPS) is 11.3. The lowest BCUT2D eigenvalue weighted by atomic mass is 10.1. The molecule has 0 spiro atoms. The lowest BCUT2D eigenvalue weighted by molar-refractivity contribution is -0.680. The second kappa shape index (κ2) is 6.17. The van der Waals surface area contributed by atoms with E-state index in [0.29, 0.717) is 0 Å². The van der Waals surface area contributed by atoms with Gasteiger partial charge in [0.05, 0.1) is 0 Å². The van der Waals surface area contributed by atoms with Gasteiger partial charge in [-0.05, 0) is 32.0 Å². The highest BCUT2D eigenvalue weighted by atomic mass is 16.4. The van der Waals surface area contributed by atoms with Crippen molar-refractivity contribution in [1.29, 1.82) is 0 Å². The maximum absolute atomic E-state index is 6.17. The second-order valence-electron chi connectivity index (χ2n) is 6.12. The Labute approximate surface area is 147 Å². The van der Waals surface area contributed by atoms with E-state index in [1.807, 2.05) is 18.2 Å². The number of hydrogen-bond donors (Lipinski definition) is 0. The van der Waals surface area contributed by atoms with Crippen LogP contribution in [0.3, 0.4) is 0 Å². The average Bonchev–Trinajstić information content (AvgIpc) is 3.05. The summed E-state index contributed by atoms with van der Waals surface area (Å²) < 4.78 is 10.7. The number of fused-ring (bicyclic) bond motifs is 2. The Kier molecular flexibility index (Phi) is 3.85. The Morgan fingerprint density at radius 2 is 1.52 bits per heavy atom. The van der Waals surface area contributed by atoms with Gasteiger partial charge in [0, 0.05) is 23.6 Å². The van der Waals surface area contributed by atoms with Crippen molar-refractivity contribution in [2.75, 3.05) is 0 Å². The van der Waals surface area contributed by atoms with Crippen molar-refractivity contribution in [3.8, 4) is 0 Å². The molecule has 0 fully saturated rings. The molecule has 0 N–H and O–H groups in total. The van der Waals surface area contributed by atoms with Crippen molar-refractivity contribution in [3.05, 3.63) is 78.8 Å². The van der Waals surface area contributed by atoms with Crippen LogP contribution in [0.25, 0.3) is 27.6 Å². The fourth-order valence-electron chi connectivity index (χ4n) is 3.55. The Morgan fingerprint density at radius 3 is 2.28 bits per heavy atom. The highest BCUT2D eigenvalue weighted by molar-refractivity contribution is 5.79. The molecule has 3 heteroatoms. The van der Waals surface area contributed by atoms with Crippen molar-refractivity contribution in [2.24, 2.45) is 0 Å². The number of para-hydroxylation sites is 3. The molecule has 2 aromatic carbocycles. The molecular formula is C22H22N2O+2. The van der Waals surface area contributed by atoms with Crippen molar-refractivity contribution in [3.63, 3.8) is 0 Å². The quantitative estimate of drug-likeness (QED) is 0.512. The van der Waals surface area contributed by atoms with Crippen LogP contribution in [-0.2, 0) is 13.1 Å². The summed E-state index contributed by atoms with van der Waals surface area (Å²) in [6.45, 7) is 10.4. The number of hydrogen-bond acceptors (Lipinski definition) is 1. The molecule has 0 bridgehead atoms. The van der Waals surface area contributed by atoms with Gasteiger partial charge in [-0.1, -0.05) is 30.8 Å². The fraction of sp³-hybridized carbons (Fsp3) is 0.182. The maximum atomic E-state index is 6.17. The van der Waals surface area contributed by atoms with Crippen LogP contribution in [0.1, 0.15) is 25.4 Å². The van der Waals surface area contributed by atoms with Gasteiger partial charge in [0.1, 0.15) is 13.1 Å². The predicted molar refractivity (Wildman–Crippen MR) is 100 cm³/mol. The van der Waals surface area contributed by atoms with Crippen molar-refractivity contribution < 1.29 is 13.6 Å². The zero-order chi connectivity index (χ0) is 17.4. The number of nitrogens with zero attached hydrogens (tertiary/aromatic N) is 2. The first-order valence-corrected chi connectivity index (χ1v) is 8.77. The summed E-state index contributed by atoms with van der Waals surface area (Å²) in [4.78, 5) is 0. The summed E-state index contributed by atoms with van der Waals surface area (Å²) in [5.74, 6) is 0.821. The summed E-state index contributed by atoms with van der Waals surface area (Å²) in [7, 11) is 0. The van der Waals surface area contributed by atoms with Crippen LogP contribution in [0.5, 0.6) is 0 Å². The summed E-state index contributed by atoms with van der Waals surface area (Å²) in [6, 6.07) is 20.9. The highest BCUT2D eigenvalue weighted by Crippen LogP contribution is 2.23. The molecule has 4 rings (SSSR count). The summed E-state index contributed by atoms with van der Waals surface area (Å²) in [6.07, 6.45) is 0. The summed E-state index contributed by atoms with van der Waals surface area (Å²) in [5, 5.41) is 1.23. The van der Waals surface area contributed by atoms with E-state index in [9.17, 15) is 0 Å². The van der Waals surface area contributed by atoms with Crippen molar-refractivity contribution in [1.82, 2.24) is 0 Å². The average molecular weight is 330 g/mol. The van der Waals surface area contributed by atoms with Crippen molar-refractivity contribution in [2.45, 2.75) is 26.9 Å². The van der Waals surface area contributed by atoms with Gasteiger partial charge in [0.2, 0.25) is 16.8 Å². The van der Waals surface area contributed by atoms with Gasteiger partial charge in [-0.15, -0.1) is 0 Å². The van der Waals surface area contributed by atoms with Gasteiger partial charge in [0.15, 0.2) is 5.57 Å². The van der Waals surface area contributed by atoms with Crippen LogP contribution in [-0.4, -0.2) is 0 Å². The standard InChI is InChI=1S/C22H22N2O/c1-4-23-18(15-14-17-10-6-7-11-19(17)23)16(3)22-24(5-2)20-12-8-9-13-21(20)25-22/h6-15H,3-5H2,1-2H3/q+2. The minimum Gasteiger partial charge on any atom is -0.397 e. The van der Waals surface area contributed by atoms with Gasteiger partial charge >= 0.3 is 5.89 Å². The van der Waals surface area contributed by atoms with Gasteiger partial charge in [-0.25, -0.2) is 0 Å². The molecule has 2 heterocycles. The van der Waals surface area contributed by atoms with Gasteiger partial charge in [0.25, 0.3) is 5.52 Å². The SMILES string of the molecule is C=C(c1ccc2ccccc2[n+]1CC)c1oc2ccccc2[n+]1CC. The number of aryl methyl sites for hydroxylation is 2. The summed E-state index contributed by atoms with van der Waals surface area (Å²) >= 11 is 0. The molecule has 124 valence electrons. The number of aromatic nitrogens is 2. The number of benzene rings is 2. The monoisotopic (exact) mass is 330 g/mol. The number of rotatable bonds is 4. The molecule has 0 saturated heterocycles. The topological polar surface area (TPSA) is 20.9 Å². The van der Waals surface area contributed by atoms with Gasteiger partial charge in [-0.2, -0.15) is 9.13 Å². The van der Waals surface area contributed by atoms with Crippen LogP contribution >= 0.6 is 0 Å². The predicted octanol–water partition coefficient (Wildman–Crippen LogP) is 4.26. The van der Waals surface area contributed by atoms with Crippen LogP contribution in [0.2, 0.25) is 0 Å². The molecule has 0 saturated carbocycles. The van der Waals surface area contributed by atoms with E-state index in [1.54, 1.807) is 0 Å². The zero-order valence-electron chi connectivity index (χ0n) is 14.7. The Bertz CT molecular complexity index is 1090. The van der Waals surface area contributed by atoms with Crippen LogP contribution in [0.4, 0.5) is 0 Å². The Morgan fingerprint density at radius 1 is 0.840 bits per heavy atom. The third-order valence-electron chi connectivity index (χ3n) is 4.75. The minimum absolute atomic E-state index is 0.821. The van der Waals surface area contributed by atoms with E-state index >= 15 is 0 Å². The molecule has 25 heavy (non-hydrogen) atoms. The Balaban J connectivity index is 1.94. The van der Waals surface area contributed by atoms with Crippen LogP contribution in [0.15, 0.2) is 71.7 Å². The second-order valence-corrected chi connectivity index (χ2v) is 6.12. The number of oxazole rings is 1. The van der Waals surface area contributed by atoms with Crippen LogP contribution in [0, 0.1) is 0 Å². The third kappa shape index (κ3) is 2.43. The maximum Gasteiger partial charge on any atom is 0.387 e. The fourth-order valence-corrected chi connectivity index (χ4v) is 3.55. The molecule has 4 aromatic rings. The first-order chi connectivity index (χ1) is 12.2. The molecule has 2 aromatic heterocycles. The zero-order valence-corrected chi connectivity index (χ0v) is 14.7. The van der Waals surface area contributed by atoms with E-state index in [1.165, 1.54) is 10.9 Å². The number of pyridine rings is 1. The molecule has 0 aliphatic rings. The van der Waals surface area contributed by atoms with Gasteiger partial charge < -0.3 is 4.42 Å². The molecule has 0 unspecified atom stereocenters. The molecule has 0 aliphatic heterocycles. The lowest BCUT2D eigenvalue weighted by Gasteiger charge is -2.05. The van der Waals surface area contributed by atoms with E-state index in [4.69, 9.17) is 4.42 Å².